The van der Waals surface area contributed by atoms with Crippen molar-refractivity contribution in [2.45, 2.75) is 11.0 Å². The first-order valence-electron chi connectivity index (χ1n) is 7.02. The van der Waals surface area contributed by atoms with Crippen molar-refractivity contribution in [3.8, 4) is 11.1 Å². The van der Waals surface area contributed by atoms with Crippen molar-refractivity contribution in [2.24, 2.45) is 0 Å². The van der Waals surface area contributed by atoms with Crippen LogP contribution in [-0.2, 0) is 20.4 Å². The average Bonchev–Trinajstić information content (AvgIpc) is 2.57. The van der Waals surface area contributed by atoms with Gasteiger partial charge in [-0.15, -0.1) is 0 Å². The van der Waals surface area contributed by atoms with Gasteiger partial charge in [-0.25, -0.2) is 8.42 Å². The quantitative estimate of drug-likeness (QED) is 0.812. The standard InChI is InChI=1S/C17H17NO3S/c1-18(2)17(19)16-15-10-6-5-9-14(15)13-8-4-3-7-12(13)11-22(16,20)21/h3-10,16H,11H2,1-2H3/t16-/m1/s1. The maximum absolute atomic E-state index is 12.8. The highest BCUT2D eigenvalue weighted by Crippen LogP contribution is 2.40. The highest BCUT2D eigenvalue weighted by Gasteiger charge is 2.39. The van der Waals surface area contributed by atoms with Crippen LogP contribution < -0.4 is 0 Å². The molecule has 2 aromatic rings. The molecule has 0 spiro atoms. The summed E-state index contributed by atoms with van der Waals surface area (Å²) in [5, 5.41) is -1.15. The number of amides is 1. The fourth-order valence-corrected chi connectivity index (χ4v) is 4.86. The molecule has 3 rings (SSSR count). The lowest BCUT2D eigenvalue weighted by Gasteiger charge is -2.21. The summed E-state index contributed by atoms with van der Waals surface area (Å²) >= 11 is 0. The average molecular weight is 315 g/mol. The molecule has 0 bridgehead atoms. The van der Waals surface area contributed by atoms with Crippen molar-refractivity contribution in [3.05, 3.63) is 59.7 Å². The van der Waals surface area contributed by atoms with E-state index >= 15 is 0 Å². The van der Waals surface area contributed by atoms with E-state index in [9.17, 15) is 13.2 Å². The zero-order chi connectivity index (χ0) is 15.9. The van der Waals surface area contributed by atoms with Crippen LogP contribution in [0.4, 0.5) is 0 Å². The second-order valence-electron chi connectivity index (χ2n) is 5.66. The molecule has 22 heavy (non-hydrogen) atoms. The number of benzene rings is 2. The number of hydrogen-bond donors (Lipinski definition) is 0. The first-order valence-corrected chi connectivity index (χ1v) is 8.73. The summed E-state index contributed by atoms with van der Waals surface area (Å²) in [5.41, 5.74) is 3.00. The molecule has 0 saturated carbocycles. The Morgan fingerprint density at radius 2 is 1.59 bits per heavy atom. The molecule has 0 aromatic heterocycles. The van der Waals surface area contributed by atoms with E-state index in [1.54, 1.807) is 26.2 Å². The van der Waals surface area contributed by atoms with E-state index in [4.69, 9.17) is 0 Å². The van der Waals surface area contributed by atoms with Crippen LogP contribution in [0.25, 0.3) is 11.1 Å². The Bertz CT molecular complexity index is 840. The topological polar surface area (TPSA) is 54.5 Å². The molecule has 114 valence electrons. The minimum Gasteiger partial charge on any atom is -0.347 e. The van der Waals surface area contributed by atoms with Gasteiger partial charge in [0.2, 0.25) is 5.91 Å². The van der Waals surface area contributed by atoms with Crippen molar-refractivity contribution in [3.63, 3.8) is 0 Å². The summed E-state index contributed by atoms with van der Waals surface area (Å²) in [6, 6.07) is 14.7. The fourth-order valence-electron chi connectivity index (χ4n) is 2.89. The molecule has 0 radical (unpaired) electrons. The Hall–Kier alpha value is -2.14. The molecular formula is C17H17NO3S. The number of carbonyl (C=O) groups is 1. The maximum atomic E-state index is 12.8. The van der Waals surface area contributed by atoms with Crippen LogP contribution in [0.1, 0.15) is 16.4 Å². The maximum Gasteiger partial charge on any atom is 0.244 e. The van der Waals surface area contributed by atoms with Gasteiger partial charge >= 0.3 is 0 Å². The molecule has 2 aromatic carbocycles. The molecule has 1 aliphatic heterocycles. The predicted molar refractivity (Wildman–Crippen MR) is 85.9 cm³/mol. The van der Waals surface area contributed by atoms with Crippen LogP contribution in [0.5, 0.6) is 0 Å². The molecule has 1 aliphatic rings. The lowest BCUT2D eigenvalue weighted by atomic mass is 9.94. The molecule has 4 nitrogen and oxygen atoms in total. The van der Waals surface area contributed by atoms with Crippen LogP contribution in [0, 0.1) is 0 Å². The second-order valence-corrected chi connectivity index (χ2v) is 7.75. The summed E-state index contributed by atoms with van der Waals surface area (Å²) < 4.78 is 25.7. The summed E-state index contributed by atoms with van der Waals surface area (Å²) in [4.78, 5) is 13.9. The number of fused-ring (bicyclic) bond motifs is 3. The minimum atomic E-state index is -3.62. The van der Waals surface area contributed by atoms with E-state index < -0.39 is 21.0 Å². The molecule has 5 heteroatoms. The largest absolute Gasteiger partial charge is 0.347 e. The van der Waals surface area contributed by atoms with E-state index in [0.29, 0.717) is 5.56 Å². The molecule has 0 N–H and O–H groups in total. The Kier molecular flexibility index (Phi) is 3.53. The van der Waals surface area contributed by atoms with Gasteiger partial charge in [0.25, 0.3) is 0 Å². The molecule has 1 heterocycles. The van der Waals surface area contributed by atoms with Crippen molar-refractivity contribution < 1.29 is 13.2 Å². The third-order valence-electron chi connectivity index (χ3n) is 3.93. The molecular weight excluding hydrogens is 298 g/mol. The van der Waals surface area contributed by atoms with Crippen molar-refractivity contribution in [1.29, 1.82) is 0 Å². The van der Waals surface area contributed by atoms with Crippen molar-refractivity contribution >= 4 is 15.7 Å². The van der Waals surface area contributed by atoms with Crippen molar-refractivity contribution in [2.75, 3.05) is 14.1 Å². The number of hydrogen-bond acceptors (Lipinski definition) is 3. The van der Waals surface area contributed by atoms with Crippen LogP contribution in [0.2, 0.25) is 0 Å². The predicted octanol–water partition coefficient (Wildman–Crippen LogP) is 2.41. The third-order valence-corrected chi connectivity index (χ3v) is 5.82. The Morgan fingerprint density at radius 1 is 1.00 bits per heavy atom. The zero-order valence-corrected chi connectivity index (χ0v) is 13.3. The number of carbonyl (C=O) groups excluding carboxylic acids is 1. The summed E-state index contributed by atoms with van der Waals surface area (Å²) in [5.74, 6) is -0.525. The van der Waals surface area contributed by atoms with Gasteiger partial charge in [0.05, 0.1) is 5.75 Å². The summed E-state index contributed by atoms with van der Waals surface area (Å²) in [6.07, 6.45) is 0. The van der Waals surface area contributed by atoms with Gasteiger partial charge in [-0.2, -0.15) is 0 Å². The first kappa shape index (κ1) is 14.8. The first-order chi connectivity index (χ1) is 10.4. The number of sulfone groups is 1. The monoisotopic (exact) mass is 315 g/mol. The lowest BCUT2D eigenvalue weighted by molar-refractivity contribution is -0.128. The van der Waals surface area contributed by atoms with Crippen LogP contribution in [0.3, 0.4) is 0 Å². The smallest absolute Gasteiger partial charge is 0.244 e. The van der Waals surface area contributed by atoms with E-state index in [-0.39, 0.29) is 5.75 Å². The number of nitrogens with zero attached hydrogens (tertiary/aromatic N) is 1. The SMILES string of the molecule is CN(C)C(=O)[C@H]1c2ccccc2-c2ccccc2CS1(=O)=O. The van der Waals surface area contributed by atoms with Gasteiger partial charge in [0.15, 0.2) is 15.1 Å². The molecule has 1 atom stereocenters. The second kappa shape index (κ2) is 5.25. The Morgan fingerprint density at radius 3 is 2.27 bits per heavy atom. The Labute approximate surface area is 130 Å². The molecule has 0 saturated heterocycles. The van der Waals surface area contributed by atoms with E-state index in [0.717, 1.165) is 16.7 Å². The van der Waals surface area contributed by atoms with E-state index in [2.05, 4.69) is 0 Å². The van der Waals surface area contributed by atoms with Gasteiger partial charge in [0, 0.05) is 14.1 Å². The highest BCUT2D eigenvalue weighted by molar-refractivity contribution is 7.91. The van der Waals surface area contributed by atoms with Gasteiger partial charge in [-0.1, -0.05) is 48.5 Å². The minimum absolute atomic E-state index is 0.123. The summed E-state index contributed by atoms with van der Waals surface area (Å²) in [7, 11) is -0.459. The normalized spacial score (nSPS) is 18.7. The molecule has 1 amide bonds. The van der Waals surface area contributed by atoms with E-state index in [1.807, 2.05) is 36.4 Å². The van der Waals surface area contributed by atoms with Gasteiger partial charge in [0.1, 0.15) is 0 Å². The Balaban J connectivity index is 2.34. The zero-order valence-electron chi connectivity index (χ0n) is 12.5. The van der Waals surface area contributed by atoms with E-state index in [1.165, 1.54) is 4.90 Å². The summed E-state index contributed by atoms with van der Waals surface area (Å²) in [6.45, 7) is 0. The van der Waals surface area contributed by atoms with Crippen molar-refractivity contribution in [1.82, 2.24) is 4.90 Å². The van der Waals surface area contributed by atoms with Gasteiger partial charge < -0.3 is 4.90 Å². The number of rotatable bonds is 1. The third kappa shape index (κ3) is 2.31. The van der Waals surface area contributed by atoms with Crippen LogP contribution >= 0.6 is 0 Å². The lowest BCUT2D eigenvalue weighted by Crippen LogP contribution is -2.33. The van der Waals surface area contributed by atoms with Crippen LogP contribution in [-0.4, -0.2) is 33.3 Å². The molecule has 0 aliphatic carbocycles. The number of likely N-dealkylation sites (N-methyl/N-ethyl adjacent to an activating group) is 1. The molecule has 0 unspecified atom stereocenters. The van der Waals surface area contributed by atoms with Gasteiger partial charge in [-0.3, -0.25) is 4.79 Å². The van der Waals surface area contributed by atoms with Gasteiger partial charge in [-0.05, 0) is 22.3 Å². The fraction of sp³-hybridized carbons (Fsp3) is 0.235. The molecule has 0 fully saturated rings. The highest BCUT2D eigenvalue weighted by atomic mass is 32.2. The van der Waals surface area contributed by atoms with Crippen LogP contribution in [0.15, 0.2) is 48.5 Å².